The van der Waals surface area contributed by atoms with Crippen LogP contribution in [0, 0.1) is 0 Å². The summed E-state index contributed by atoms with van der Waals surface area (Å²) in [4.78, 5) is 0. The van der Waals surface area contributed by atoms with Crippen LogP contribution in [0.25, 0.3) is 0 Å². The smallest absolute Gasteiger partial charge is 0.0212 e. The van der Waals surface area contributed by atoms with Crippen LogP contribution in [0.1, 0.15) is 122 Å². The van der Waals surface area contributed by atoms with Crippen LogP contribution in [0.15, 0.2) is 12.2 Å². The first kappa shape index (κ1) is 23.2. The van der Waals surface area contributed by atoms with Gasteiger partial charge in [-0.1, -0.05) is 138 Å². The Morgan fingerprint density at radius 2 is 0.826 bits per heavy atom. The van der Waals surface area contributed by atoms with Crippen molar-refractivity contribution in [3.05, 3.63) is 12.2 Å². The van der Waals surface area contributed by atoms with Gasteiger partial charge in [-0.05, 0) is 12.8 Å². The normalized spacial score (nSPS) is 11.6. The van der Waals surface area contributed by atoms with Crippen LogP contribution in [0.4, 0.5) is 0 Å². The lowest BCUT2D eigenvalue weighted by molar-refractivity contribution is 0.527. The van der Waals surface area contributed by atoms with Crippen molar-refractivity contribution < 1.29 is 0 Å². The van der Waals surface area contributed by atoms with Gasteiger partial charge < -0.3 is 0 Å². The SMILES string of the molecule is CCCCCCCCCCCCCCCCCCCC=CCBr. The van der Waals surface area contributed by atoms with Gasteiger partial charge in [-0.3, -0.25) is 0 Å². The molecule has 0 saturated carbocycles. The van der Waals surface area contributed by atoms with E-state index in [1.165, 1.54) is 116 Å². The number of alkyl halides is 1. The van der Waals surface area contributed by atoms with Crippen LogP contribution in [0.3, 0.4) is 0 Å². The number of hydrogen-bond donors (Lipinski definition) is 0. The molecule has 0 aliphatic rings. The van der Waals surface area contributed by atoms with Crippen molar-refractivity contribution in [2.45, 2.75) is 122 Å². The molecule has 0 radical (unpaired) electrons. The van der Waals surface area contributed by atoms with Gasteiger partial charge in [0.1, 0.15) is 0 Å². The van der Waals surface area contributed by atoms with Crippen molar-refractivity contribution >= 4 is 15.9 Å². The molecular formula is C22H43Br. The molecule has 23 heavy (non-hydrogen) atoms. The minimum atomic E-state index is 1.01. The maximum absolute atomic E-state index is 3.42. The van der Waals surface area contributed by atoms with Gasteiger partial charge in [0, 0.05) is 5.33 Å². The number of allylic oxidation sites excluding steroid dienone is 2. The summed E-state index contributed by atoms with van der Waals surface area (Å²) in [6.07, 6.45) is 30.5. The van der Waals surface area contributed by atoms with E-state index in [1.54, 1.807) is 0 Å². The molecule has 0 heterocycles. The van der Waals surface area contributed by atoms with E-state index in [9.17, 15) is 0 Å². The second-order valence-electron chi connectivity index (χ2n) is 7.07. The molecule has 1 heteroatoms. The first-order valence-corrected chi connectivity index (χ1v) is 11.7. The molecule has 0 aliphatic heterocycles. The van der Waals surface area contributed by atoms with Gasteiger partial charge in [-0.15, -0.1) is 0 Å². The largest absolute Gasteiger partial charge is 0.0883 e. The molecule has 0 amide bonds. The van der Waals surface area contributed by atoms with E-state index in [-0.39, 0.29) is 0 Å². The number of hydrogen-bond acceptors (Lipinski definition) is 0. The van der Waals surface area contributed by atoms with Crippen LogP contribution >= 0.6 is 15.9 Å². The molecule has 0 aromatic heterocycles. The van der Waals surface area contributed by atoms with Crippen molar-refractivity contribution in [3.63, 3.8) is 0 Å². The fourth-order valence-corrected chi connectivity index (χ4v) is 3.43. The Morgan fingerprint density at radius 3 is 1.17 bits per heavy atom. The molecule has 0 atom stereocenters. The second kappa shape index (κ2) is 22.2. The molecule has 0 saturated heterocycles. The van der Waals surface area contributed by atoms with E-state index in [2.05, 4.69) is 35.0 Å². The van der Waals surface area contributed by atoms with E-state index < -0.39 is 0 Å². The van der Waals surface area contributed by atoms with Gasteiger partial charge in [0.15, 0.2) is 0 Å². The minimum Gasteiger partial charge on any atom is -0.0883 e. The molecule has 0 nitrogen and oxygen atoms in total. The number of halogens is 1. The summed E-state index contributed by atoms with van der Waals surface area (Å²) in [6, 6.07) is 0. The zero-order valence-electron chi connectivity index (χ0n) is 16.0. The molecule has 0 aromatic carbocycles. The number of unbranched alkanes of at least 4 members (excludes halogenated alkanes) is 17. The van der Waals surface area contributed by atoms with Crippen molar-refractivity contribution in [1.82, 2.24) is 0 Å². The Hall–Kier alpha value is 0.220. The summed E-state index contributed by atoms with van der Waals surface area (Å²) in [5, 5.41) is 1.01. The van der Waals surface area contributed by atoms with Gasteiger partial charge in [0.2, 0.25) is 0 Å². The summed E-state index contributed by atoms with van der Waals surface area (Å²) < 4.78 is 0. The van der Waals surface area contributed by atoms with E-state index in [0.717, 1.165) is 5.33 Å². The monoisotopic (exact) mass is 386 g/mol. The summed E-state index contributed by atoms with van der Waals surface area (Å²) in [7, 11) is 0. The van der Waals surface area contributed by atoms with E-state index in [1.807, 2.05) is 0 Å². The van der Waals surface area contributed by atoms with Crippen molar-refractivity contribution in [2.75, 3.05) is 5.33 Å². The van der Waals surface area contributed by atoms with Gasteiger partial charge in [-0.25, -0.2) is 0 Å². The minimum absolute atomic E-state index is 1.01. The lowest BCUT2D eigenvalue weighted by Gasteiger charge is -2.03. The Labute approximate surface area is 156 Å². The van der Waals surface area contributed by atoms with Crippen LogP contribution in [0.5, 0.6) is 0 Å². The van der Waals surface area contributed by atoms with Crippen molar-refractivity contribution in [1.29, 1.82) is 0 Å². The summed E-state index contributed by atoms with van der Waals surface area (Å²) >= 11 is 3.42. The van der Waals surface area contributed by atoms with Crippen LogP contribution in [0.2, 0.25) is 0 Å². The van der Waals surface area contributed by atoms with E-state index in [4.69, 9.17) is 0 Å². The molecule has 0 bridgehead atoms. The molecule has 0 N–H and O–H groups in total. The third kappa shape index (κ3) is 22.2. The van der Waals surface area contributed by atoms with Crippen molar-refractivity contribution in [2.24, 2.45) is 0 Å². The second-order valence-corrected chi connectivity index (χ2v) is 7.72. The standard InChI is InChI=1S/C22H43Br/c1-2-3-4-5-6-7-8-9-10-11-12-13-14-15-16-17-18-19-20-21-22-23/h20-21H,2-19,22H2,1H3. The highest BCUT2D eigenvalue weighted by Crippen LogP contribution is 2.14. The molecule has 0 aliphatic carbocycles. The molecule has 0 spiro atoms. The molecule has 0 unspecified atom stereocenters. The van der Waals surface area contributed by atoms with Crippen LogP contribution in [-0.2, 0) is 0 Å². The van der Waals surface area contributed by atoms with Crippen LogP contribution < -0.4 is 0 Å². The van der Waals surface area contributed by atoms with E-state index >= 15 is 0 Å². The molecular weight excluding hydrogens is 344 g/mol. The average molecular weight is 387 g/mol. The quantitative estimate of drug-likeness (QED) is 0.118. The highest BCUT2D eigenvalue weighted by atomic mass is 79.9. The van der Waals surface area contributed by atoms with Gasteiger partial charge in [-0.2, -0.15) is 0 Å². The third-order valence-corrected chi connectivity index (χ3v) is 5.10. The van der Waals surface area contributed by atoms with Gasteiger partial charge in [0.05, 0.1) is 0 Å². The predicted octanol–water partition coefficient (Wildman–Crippen LogP) is 8.98. The summed E-state index contributed by atoms with van der Waals surface area (Å²) in [6.45, 7) is 2.30. The summed E-state index contributed by atoms with van der Waals surface area (Å²) in [5.74, 6) is 0. The predicted molar refractivity (Wildman–Crippen MR) is 112 cm³/mol. The Bertz CT molecular complexity index is 222. The Kier molecular flexibility index (Phi) is 22.4. The maximum Gasteiger partial charge on any atom is 0.0212 e. The summed E-state index contributed by atoms with van der Waals surface area (Å²) in [5.41, 5.74) is 0. The van der Waals surface area contributed by atoms with Crippen LogP contribution in [-0.4, -0.2) is 5.33 Å². The Morgan fingerprint density at radius 1 is 0.478 bits per heavy atom. The molecule has 138 valence electrons. The molecule has 0 fully saturated rings. The van der Waals surface area contributed by atoms with E-state index in [0.29, 0.717) is 0 Å². The Balaban J connectivity index is 2.96. The number of rotatable bonds is 19. The average Bonchev–Trinajstić information content (AvgIpc) is 2.57. The first-order valence-electron chi connectivity index (χ1n) is 10.6. The van der Waals surface area contributed by atoms with Gasteiger partial charge in [0.25, 0.3) is 0 Å². The molecule has 0 aromatic rings. The highest BCUT2D eigenvalue weighted by molar-refractivity contribution is 9.09. The highest BCUT2D eigenvalue weighted by Gasteiger charge is 1.94. The maximum atomic E-state index is 3.42. The molecule has 0 rings (SSSR count). The zero-order chi connectivity index (χ0) is 16.8. The zero-order valence-corrected chi connectivity index (χ0v) is 17.6. The van der Waals surface area contributed by atoms with Crippen molar-refractivity contribution in [3.8, 4) is 0 Å². The lowest BCUT2D eigenvalue weighted by Crippen LogP contribution is -1.83. The van der Waals surface area contributed by atoms with Gasteiger partial charge >= 0.3 is 0 Å². The first-order chi connectivity index (χ1) is 11.4. The lowest BCUT2D eigenvalue weighted by atomic mass is 10.0. The third-order valence-electron chi connectivity index (χ3n) is 4.73. The fourth-order valence-electron chi connectivity index (χ4n) is 3.17. The fraction of sp³-hybridized carbons (Fsp3) is 0.909. The topological polar surface area (TPSA) is 0 Å².